The minimum Gasteiger partial charge on any atom is -0.506 e. The van der Waals surface area contributed by atoms with Crippen LogP contribution in [0.15, 0.2) is 39.9 Å². The fraction of sp³-hybridized carbons (Fsp3) is 0.0667. The minimum atomic E-state index is -0.511. The highest BCUT2D eigenvalue weighted by Gasteiger charge is 2.07. The SMILES string of the molecule is O=C(COc1cc(Cl)ccc1Cl)N/N=C\c1cc(Br)cc(Cl)c1O. The zero-order valence-corrected chi connectivity index (χ0v) is 15.7. The Morgan fingerprint density at radius 1 is 1.25 bits per heavy atom. The van der Waals surface area contributed by atoms with Crippen LogP contribution in [-0.4, -0.2) is 23.8 Å². The van der Waals surface area contributed by atoms with Crippen LogP contribution in [0.4, 0.5) is 0 Å². The summed E-state index contributed by atoms with van der Waals surface area (Å²) in [6.07, 6.45) is 1.26. The highest BCUT2D eigenvalue weighted by molar-refractivity contribution is 9.10. The summed E-state index contributed by atoms with van der Waals surface area (Å²) < 4.78 is 5.93. The molecule has 0 bridgehead atoms. The Morgan fingerprint density at radius 3 is 2.75 bits per heavy atom. The quantitative estimate of drug-likeness (QED) is 0.513. The van der Waals surface area contributed by atoms with Gasteiger partial charge in [-0.3, -0.25) is 4.79 Å². The fourth-order valence-electron chi connectivity index (χ4n) is 1.62. The predicted octanol–water partition coefficient (Wildman–Crippen LogP) is 4.64. The molecule has 0 saturated carbocycles. The van der Waals surface area contributed by atoms with Crippen LogP contribution >= 0.6 is 50.7 Å². The van der Waals surface area contributed by atoms with E-state index in [4.69, 9.17) is 39.5 Å². The van der Waals surface area contributed by atoms with Gasteiger partial charge in [0.05, 0.1) is 16.3 Å². The average molecular weight is 453 g/mol. The third kappa shape index (κ3) is 5.27. The van der Waals surface area contributed by atoms with Crippen LogP contribution in [0.3, 0.4) is 0 Å². The van der Waals surface area contributed by atoms with Crippen LogP contribution in [0.5, 0.6) is 11.5 Å². The van der Waals surface area contributed by atoms with Crippen LogP contribution in [0.1, 0.15) is 5.56 Å². The van der Waals surface area contributed by atoms with E-state index in [-0.39, 0.29) is 17.4 Å². The van der Waals surface area contributed by atoms with E-state index in [9.17, 15) is 9.90 Å². The van der Waals surface area contributed by atoms with E-state index in [1.54, 1.807) is 18.2 Å². The molecular weight excluding hydrogens is 442 g/mol. The summed E-state index contributed by atoms with van der Waals surface area (Å²) in [6, 6.07) is 7.81. The molecule has 2 rings (SSSR count). The lowest BCUT2D eigenvalue weighted by Gasteiger charge is -2.07. The number of phenols is 1. The van der Waals surface area contributed by atoms with Crippen molar-refractivity contribution in [1.29, 1.82) is 0 Å². The molecule has 0 fully saturated rings. The second kappa shape index (κ2) is 8.58. The van der Waals surface area contributed by atoms with E-state index in [1.165, 1.54) is 18.3 Å². The molecule has 2 aromatic carbocycles. The molecule has 0 radical (unpaired) electrons. The maximum atomic E-state index is 11.7. The largest absolute Gasteiger partial charge is 0.506 e. The van der Waals surface area contributed by atoms with Crippen LogP contribution in [0.25, 0.3) is 0 Å². The number of halogens is 4. The standard InChI is InChI=1S/C15H10BrCl3N2O3/c16-9-3-8(15(23)12(19)4-9)6-20-21-14(22)7-24-13-5-10(17)1-2-11(13)18/h1-6,23H,7H2,(H,21,22)/b20-6-. The van der Waals surface area contributed by atoms with Crippen molar-refractivity contribution in [2.24, 2.45) is 5.10 Å². The van der Waals surface area contributed by atoms with E-state index in [1.807, 2.05) is 0 Å². The van der Waals surface area contributed by atoms with Gasteiger partial charge in [-0.25, -0.2) is 5.43 Å². The van der Waals surface area contributed by atoms with Crippen LogP contribution in [0.2, 0.25) is 15.1 Å². The monoisotopic (exact) mass is 450 g/mol. The number of hydrogen-bond donors (Lipinski definition) is 2. The molecule has 0 heterocycles. The van der Waals surface area contributed by atoms with Gasteiger partial charge in [0.2, 0.25) is 0 Å². The summed E-state index contributed by atoms with van der Waals surface area (Å²) in [7, 11) is 0. The molecule has 1 amide bonds. The second-order valence-electron chi connectivity index (χ2n) is 4.48. The molecule has 0 aliphatic rings. The molecule has 0 aliphatic carbocycles. The number of nitrogens with zero attached hydrogens (tertiary/aromatic N) is 1. The van der Waals surface area contributed by atoms with Gasteiger partial charge in [-0.2, -0.15) is 5.10 Å². The van der Waals surface area contributed by atoms with Crippen molar-refractivity contribution in [2.45, 2.75) is 0 Å². The molecule has 0 atom stereocenters. The molecule has 24 heavy (non-hydrogen) atoms. The third-order valence-electron chi connectivity index (χ3n) is 2.70. The van der Waals surface area contributed by atoms with Crippen molar-refractivity contribution in [3.05, 3.63) is 55.4 Å². The molecule has 0 aromatic heterocycles. The van der Waals surface area contributed by atoms with Gasteiger partial charge < -0.3 is 9.84 Å². The first-order chi connectivity index (χ1) is 11.4. The minimum absolute atomic E-state index is 0.139. The zero-order chi connectivity index (χ0) is 17.7. The molecule has 0 spiro atoms. The maximum Gasteiger partial charge on any atom is 0.277 e. The molecule has 2 N–H and O–H groups in total. The van der Waals surface area contributed by atoms with Gasteiger partial charge in [0.25, 0.3) is 5.91 Å². The van der Waals surface area contributed by atoms with Crippen LogP contribution in [-0.2, 0) is 4.79 Å². The number of hydrogen-bond acceptors (Lipinski definition) is 4. The summed E-state index contributed by atoms with van der Waals surface area (Å²) >= 11 is 20.8. The summed E-state index contributed by atoms with van der Waals surface area (Å²) in [5.41, 5.74) is 2.60. The lowest BCUT2D eigenvalue weighted by atomic mass is 10.2. The summed E-state index contributed by atoms with van der Waals surface area (Å²) in [4.78, 5) is 11.7. The Hall–Kier alpha value is -1.47. The van der Waals surface area contributed by atoms with E-state index in [0.29, 0.717) is 25.8 Å². The van der Waals surface area contributed by atoms with Gasteiger partial charge in [0.15, 0.2) is 6.61 Å². The first-order valence-corrected chi connectivity index (χ1v) is 8.37. The van der Waals surface area contributed by atoms with Gasteiger partial charge in [0, 0.05) is 21.1 Å². The lowest BCUT2D eigenvalue weighted by molar-refractivity contribution is -0.123. The topological polar surface area (TPSA) is 70.9 Å². The zero-order valence-electron chi connectivity index (χ0n) is 11.9. The number of amides is 1. The van der Waals surface area contributed by atoms with Crippen molar-refractivity contribution in [3.63, 3.8) is 0 Å². The van der Waals surface area contributed by atoms with Crippen LogP contribution < -0.4 is 10.2 Å². The molecule has 9 heteroatoms. The Labute approximate surface area is 161 Å². The highest BCUT2D eigenvalue weighted by atomic mass is 79.9. The van der Waals surface area contributed by atoms with Gasteiger partial charge in [-0.15, -0.1) is 0 Å². The summed E-state index contributed by atoms with van der Waals surface area (Å²) in [6.45, 7) is -0.303. The van der Waals surface area contributed by atoms with Crippen molar-refractivity contribution >= 4 is 62.9 Å². The Morgan fingerprint density at radius 2 is 2.00 bits per heavy atom. The number of benzene rings is 2. The smallest absolute Gasteiger partial charge is 0.277 e. The second-order valence-corrected chi connectivity index (χ2v) is 6.65. The van der Waals surface area contributed by atoms with E-state index in [2.05, 4.69) is 26.5 Å². The number of carbonyl (C=O) groups is 1. The Balaban J connectivity index is 1.93. The molecule has 5 nitrogen and oxygen atoms in total. The highest BCUT2D eigenvalue weighted by Crippen LogP contribution is 2.30. The number of phenolic OH excluding ortho intramolecular Hbond substituents is 1. The predicted molar refractivity (Wildman–Crippen MR) is 98.5 cm³/mol. The number of ether oxygens (including phenoxy) is 1. The number of nitrogens with one attached hydrogen (secondary N) is 1. The van der Waals surface area contributed by atoms with Gasteiger partial charge in [0.1, 0.15) is 11.5 Å². The first-order valence-electron chi connectivity index (χ1n) is 6.44. The Kier molecular flexibility index (Phi) is 6.74. The molecular formula is C15H10BrCl3N2O3. The number of aromatic hydroxyl groups is 1. The number of hydrazone groups is 1. The first kappa shape index (κ1) is 18.9. The molecule has 0 saturated heterocycles. The summed E-state index contributed by atoms with van der Waals surface area (Å²) in [5.74, 6) is -0.359. The van der Waals surface area contributed by atoms with Crippen molar-refractivity contribution < 1.29 is 14.6 Å². The van der Waals surface area contributed by atoms with Gasteiger partial charge >= 0.3 is 0 Å². The van der Waals surface area contributed by atoms with E-state index in [0.717, 1.165) is 0 Å². The lowest BCUT2D eigenvalue weighted by Crippen LogP contribution is -2.24. The van der Waals surface area contributed by atoms with Crippen molar-refractivity contribution in [2.75, 3.05) is 6.61 Å². The molecule has 0 aliphatic heterocycles. The third-order valence-corrected chi connectivity index (χ3v) is 4.00. The normalized spacial score (nSPS) is 10.8. The van der Waals surface area contributed by atoms with Crippen molar-refractivity contribution in [3.8, 4) is 11.5 Å². The Bertz CT molecular complexity index is 800. The van der Waals surface area contributed by atoms with E-state index < -0.39 is 5.91 Å². The number of rotatable bonds is 5. The maximum absolute atomic E-state index is 11.7. The number of carbonyl (C=O) groups excluding carboxylic acids is 1. The fourth-order valence-corrected chi connectivity index (χ4v) is 2.79. The molecule has 126 valence electrons. The average Bonchev–Trinajstić information content (AvgIpc) is 2.52. The molecule has 0 unspecified atom stereocenters. The van der Waals surface area contributed by atoms with Crippen molar-refractivity contribution in [1.82, 2.24) is 5.43 Å². The summed E-state index contributed by atoms with van der Waals surface area (Å²) in [5, 5.41) is 14.5. The van der Waals surface area contributed by atoms with Gasteiger partial charge in [-0.1, -0.05) is 50.7 Å². The molecule has 2 aromatic rings. The van der Waals surface area contributed by atoms with Gasteiger partial charge in [-0.05, 0) is 24.3 Å². The van der Waals surface area contributed by atoms with E-state index >= 15 is 0 Å². The van der Waals surface area contributed by atoms with Crippen LogP contribution in [0, 0.1) is 0 Å².